The third kappa shape index (κ3) is 4.62. The molecule has 0 aliphatic heterocycles. The second-order valence-corrected chi connectivity index (χ2v) is 7.03. The van der Waals surface area contributed by atoms with Crippen LogP contribution in [0, 0.1) is 0 Å². The van der Waals surface area contributed by atoms with Gasteiger partial charge in [0.1, 0.15) is 24.2 Å². The summed E-state index contributed by atoms with van der Waals surface area (Å²) in [6, 6.07) is 21.3. The summed E-state index contributed by atoms with van der Waals surface area (Å²) in [5.74, 6) is 1.53. The molecule has 0 saturated heterocycles. The van der Waals surface area contributed by atoms with Crippen LogP contribution < -0.4 is 14.8 Å². The normalized spacial score (nSPS) is 13.1. The Morgan fingerprint density at radius 3 is 2.80 bits per heavy atom. The molecule has 2 atom stereocenters. The van der Waals surface area contributed by atoms with Gasteiger partial charge in [-0.15, -0.1) is 0 Å². The third-order valence-corrected chi connectivity index (χ3v) is 4.95. The number of aliphatic hydroxyl groups excluding tert-OH is 1. The molecule has 6 heteroatoms. The Morgan fingerprint density at radius 1 is 1.07 bits per heavy atom. The summed E-state index contributed by atoms with van der Waals surface area (Å²) < 4.78 is 11.2. The van der Waals surface area contributed by atoms with Crippen LogP contribution in [0.15, 0.2) is 79.1 Å². The second-order valence-electron chi connectivity index (χ2n) is 7.03. The number of fused-ring (bicyclic) bond motifs is 1. The second kappa shape index (κ2) is 9.43. The number of methoxy groups -OCH3 is 1. The van der Waals surface area contributed by atoms with Gasteiger partial charge in [0.2, 0.25) is 0 Å². The SMILES string of the molecule is COc1cccc([C@@H](NC[C@@H](O)COc2cccc3[nH]ccc23)c2ccccn2)c1. The van der Waals surface area contributed by atoms with E-state index in [0.29, 0.717) is 6.54 Å². The average Bonchev–Trinajstić information content (AvgIpc) is 3.28. The first-order valence-corrected chi connectivity index (χ1v) is 9.90. The van der Waals surface area contributed by atoms with Crippen LogP contribution in [0.1, 0.15) is 17.3 Å². The molecule has 2 heterocycles. The van der Waals surface area contributed by atoms with Crippen LogP contribution >= 0.6 is 0 Å². The fourth-order valence-corrected chi connectivity index (χ4v) is 3.44. The van der Waals surface area contributed by atoms with Gasteiger partial charge in [0.05, 0.1) is 18.8 Å². The fraction of sp³-hybridized carbons (Fsp3) is 0.208. The molecule has 154 valence electrons. The largest absolute Gasteiger partial charge is 0.497 e. The molecule has 0 fully saturated rings. The molecule has 0 aliphatic carbocycles. The number of H-pyrrole nitrogens is 1. The number of nitrogens with one attached hydrogen (secondary N) is 2. The molecular formula is C24H25N3O3. The molecule has 30 heavy (non-hydrogen) atoms. The number of aliphatic hydroxyl groups is 1. The lowest BCUT2D eigenvalue weighted by atomic mass is 10.0. The monoisotopic (exact) mass is 403 g/mol. The van der Waals surface area contributed by atoms with Gasteiger partial charge in [-0.3, -0.25) is 4.98 Å². The number of hydrogen-bond donors (Lipinski definition) is 3. The minimum Gasteiger partial charge on any atom is -0.497 e. The first kappa shape index (κ1) is 19.9. The lowest BCUT2D eigenvalue weighted by molar-refractivity contribution is 0.105. The van der Waals surface area contributed by atoms with Crippen molar-refractivity contribution >= 4 is 10.9 Å². The van der Waals surface area contributed by atoms with Gasteiger partial charge in [0.25, 0.3) is 0 Å². The highest BCUT2D eigenvalue weighted by atomic mass is 16.5. The van der Waals surface area contributed by atoms with Crippen LogP contribution in [0.5, 0.6) is 11.5 Å². The number of nitrogens with zero attached hydrogens (tertiary/aromatic N) is 1. The maximum absolute atomic E-state index is 10.5. The Labute approximate surface area is 175 Å². The Balaban J connectivity index is 1.43. The Kier molecular flexibility index (Phi) is 6.27. The van der Waals surface area contributed by atoms with Crippen LogP contribution in [0.25, 0.3) is 10.9 Å². The van der Waals surface area contributed by atoms with Crippen LogP contribution in [-0.4, -0.2) is 41.4 Å². The summed E-state index contributed by atoms with van der Waals surface area (Å²) in [4.78, 5) is 7.65. The summed E-state index contributed by atoms with van der Waals surface area (Å²) in [6.45, 7) is 0.534. The molecule has 2 aromatic heterocycles. The molecule has 4 aromatic rings. The van der Waals surface area contributed by atoms with E-state index in [1.807, 2.05) is 72.9 Å². The van der Waals surface area contributed by atoms with Gasteiger partial charge in [-0.05, 0) is 48.0 Å². The van der Waals surface area contributed by atoms with Crippen molar-refractivity contribution in [2.45, 2.75) is 12.1 Å². The first-order valence-electron chi connectivity index (χ1n) is 9.90. The molecule has 0 unspecified atom stereocenters. The quantitative estimate of drug-likeness (QED) is 0.397. The standard InChI is InChI=1S/C24H25N3O3/c1-29-19-7-4-6-17(14-19)24(22-8-2-3-12-25-22)27-15-18(28)16-30-23-10-5-9-21-20(23)11-13-26-21/h2-14,18,24,26-28H,15-16H2,1H3/t18-,24-/m1/s1. The Hall–Kier alpha value is -3.35. The minimum absolute atomic E-state index is 0.177. The molecule has 0 amide bonds. The molecule has 4 rings (SSSR count). The van der Waals surface area contributed by atoms with Gasteiger partial charge >= 0.3 is 0 Å². The van der Waals surface area contributed by atoms with E-state index in [0.717, 1.165) is 33.7 Å². The van der Waals surface area contributed by atoms with Crippen LogP contribution in [-0.2, 0) is 0 Å². The van der Waals surface area contributed by atoms with Gasteiger partial charge in [0.15, 0.2) is 0 Å². The molecule has 3 N–H and O–H groups in total. The number of rotatable bonds is 9. The van der Waals surface area contributed by atoms with Crippen molar-refractivity contribution in [1.29, 1.82) is 0 Å². The highest BCUT2D eigenvalue weighted by Crippen LogP contribution is 2.25. The van der Waals surface area contributed by atoms with Crippen molar-refractivity contribution in [3.63, 3.8) is 0 Å². The zero-order valence-corrected chi connectivity index (χ0v) is 16.8. The van der Waals surface area contributed by atoms with E-state index >= 15 is 0 Å². The van der Waals surface area contributed by atoms with Gasteiger partial charge < -0.3 is 24.9 Å². The number of aromatic nitrogens is 2. The topological polar surface area (TPSA) is 79.4 Å². The lowest BCUT2D eigenvalue weighted by Crippen LogP contribution is -2.34. The third-order valence-electron chi connectivity index (χ3n) is 4.95. The summed E-state index contributed by atoms with van der Waals surface area (Å²) in [6.07, 6.45) is 2.96. The van der Waals surface area contributed by atoms with Crippen LogP contribution in [0.4, 0.5) is 0 Å². The smallest absolute Gasteiger partial charge is 0.128 e. The van der Waals surface area contributed by atoms with Gasteiger partial charge in [0, 0.05) is 29.8 Å². The molecule has 0 aliphatic rings. The molecule has 0 saturated carbocycles. The molecule has 0 radical (unpaired) electrons. The molecule has 0 bridgehead atoms. The van der Waals surface area contributed by atoms with Crippen molar-refractivity contribution in [3.8, 4) is 11.5 Å². The highest BCUT2D eigenvalue weighted by Gasteiger charge is 2.18. The number of ether oxygens (including phenoxy) is 2. The first-order chi connectivity index (χ1) is 14.7. The molecule has 6 nitrogen and oxygen atoms in total. The predicted octanol–water partition coefficient (Wildman–Crippen LogP) is 3.69. The van der Waals surface area contributed by atoms with Crippen LogP contribution in [0.2, 0.25) is 0 Å². The van der Waals surface area contributed by atoms with E-state index in [4.69, 9.17) is 9.47 Å². The van der Waals surface area contributed by atoms with Crippen molar-refractivity contribution in [3.05, 3.63) is 90.4 Å². The van der Waals surface area contributed by atoms with Crippen molar-refractivity contribution in [1.82, 2.24) is 15.3 Å². The van der Waals surface area contributed by atoms with Crippen molar-refractivity contribution < 1.29 is 14.6 Å². The van der Waals surface area contributed by atoms with Crippen molar-refractivity contribution in [2.75, 3.05) is 20.3 Å². The summed E-state index contributed by atoms with van der Waals surface area (Å²) in [5.41, 5.74) is 2.89. The maximum atomic E-state index is 10.5. The van der Waals surface area contributed by atoms with E-state index in [2.05, 4.69) is 15.3 Å². The Bertz CT molecular complexity index is 1080. The fourth-order valence-electron chi connectivity index (χ4n) is 3.44. The van der Waals surface area contributed by atoms with Gasteiger partial charge in [-0.1, -0.05) is 24.3 Å². The Morgan fingerprint density at radius 2 is 1.97 bits per heavy atom. The number of hydrogen-bond acceptors (Lipinski definition) is 5. The van der Waals surface area contributed by atoms with E-state index in [1.54, 1.807) is 13.3 Å². The van der Waals surface area contributed by atoms with Gasteiger partial charge in [-0.25, -0.2) is 0 Å². The minimum atomic E-state index is -0.684. The predicted molar refractivity (Wildman–Crippen MR) is 117 cm³/mol. The molecule has 2 aromatic carbocycles. The summed E-state index contributed by atoms with van der Waals surface area (Å²) in [5, 5.41) is 15.0. The van der Waals surface area contributed by atoms with Crippen LogP contribution in [0.3, 0.4) is 0 Å². The summed E-state index contributed by atoms with van der Waals surface area (Å²) >= 11 is 0. The number of benzene rings is 2. The zero-order chi connectivity index (χ0) is 20.8. The maximum Gasteiger partial charge on any atom is 0.128 e. The molecular weight excluding hydrogens is 378 g/mol. The van der Waals surface area contributed by atoms with Gasteiger partial charge in [-0.2, -0.15) is 0 Å². The zero-order valence-electron chi connectivity index (χ0n) is 16.8. The lowest BCUT2D eigenvalue weighted by Gasteiger charge is -2.21. The van der Waals surface area contributed by atoms with Crippen molar-refractivity contribution in [2.24, 2.45) is 0 Å². The number of pyridine rings is 1. The molecule has 0 spiro atoms. The van der Waals surface area contributed by atoms with E-state index in [-0.39, 0.29) is 12.6 Å². The number of aromatic amines is 1. The average molecular weight is 403 g/mol. The highest BCUT2D eigenvalue weighted by molar-refractivity contribution is 5.85. The van der Waals surface area contributed by atoms with E-state index in [1.165, 1.54) is 0 Å². The summed E-state index contributed by atoms with van der Waals surface area (Å²) in [7, 11) is 1.65. The van der Waals surface area contributed by atoms with E-state index in [9.17, 15) is 5.11 Å². The van der Waals surface area contributed by atoms with E-state index < -0.39 is 6.10 Å².